The first-order valence-corrected chi connectivity index (χ1v) is 4.21. The fraction of sp³-hybridized carbons (Fsp3) is 0.375. The highest BCUT2D eigenvalue weighted by molar-refractivity contribution is 5.91. The second-order valence-electron chi connectivity index (χ2n) is 2.54. The number of carboxylic acids is 1. The predicted octanol–water partition coefficient (Wildman–Crippen LogP) is 0.648. The van der Waals surface area contributed by atoms with Gasteiger partial charge in [-0.15, -0.1) is 0 Å². The fourth-order valence-corrected chi connectivity index (χ4v) is 0.957. The zero-order chi connectivity index (χ0) is 10.6. The van der Waals surface area contributed by atoms with Crippen molar-refractivity contribution in [3.8, 4) is 0 Å². The van der Waals surface area contributed by atoms with Crippen LogP contribution in [0.5, 0.6) is 0 Å². The van der Waals surface area contributed by atoms with Gasteiger partial charge in [0.05, 0.1) is 6.20 Å². The average Bonchev–Trinajstić information content (AvgIpc) is 2.17. The van der Waals surface area contributed by atoms with Crippen LogP contribution in [0.1, 0.15) is 17.4 Å². The van der Waals surface area contributed by atoms with Crippen LogP contribution in [-0.4, -0.2) is 34.6 Å². The quantitative estimate of drug-likeness (QED) is 0.655. The van der Waals surface area contributed by atoms with Crippen molar-refractivity contribution in [1.82, 2.24) is 9.97 Å². The third-order valence-corrected chi connectivity index (χ3v) is 1.58. The molecule has 1 aromatic rings. The van der Waals surface area contributed by atoms with Crippen molar-refractivity contribution in [2.75, 3.05) is 24.2 Å². The summed E-state index contributed by atoms with van der Waals surface area (Å²) in [5, 5.41) is 14.4. The molecule has 0 bridgehead atoms. The van der Waals surface area contributed by atoms with E-state index >= 15 is 0 Å². The summed E-state index contributed by atoms with van der Waals surface area (Å²) in [4.78, 5) is 18.6. The number of aromatic nitrogens is 2. The van der Waals surface area contributed by atoms with Gasteiger partial charge >= 0.3 is 5.97 Å². The van der Waals surface area contributed by atoms with E-state index in [1.807, 2.05) is 6.92 Å². The Bertz CT molecular complexity index is 340. The third-order valence-electron chi connectivity index (χ3n) is 1.58. The highest BCUT2D eigenvalue weighted by Gasteiger charge is 2.12. The Morgan fingerprint density at radius 3 is 2.86 bits per heavy atom. The maximum absolute atomic E-state index is 10.7. The summed E-state index contributed by atoms with van der Waals surface area (Å²) in [5.74, 6) is -0.270. The number of carbonyl (C=O) groups is 1. The molecule has 0 aliphatic heterocycles. The summed E-state index contributed by atoms with van der Waals surface area (Å²) in [6.45, 7) is 2.46. The van der Waals surface area contributed by atoms with E-state index in [1.54, 1.807) is 7.05 Å². The Hall–Kier alpha value is -1.85. The van der Waals surface area contributed by atoms with Crippen LogP contribution >= 0.6 is 0 Å². The van der Waals surface area contributed by atoms with Crippen molar-refractivity contribution in [2.45, 2.75) is 6.92 Å². The Morgan fingerprint density at radius 1 is 1.64 bits per heavy atom. The van der Waals surface area contributed by atoms with E-state index in [2.05, 4.69) is 20.6 Å². The molecule has 0 saturated carbocycles. The normalized spacial score (nSPS) is 9.57. The number of anilines is 2. The summed E-state index contributed by atoms with van der Waals surface area (Å²) in [6, 6.07) is 0. The van der Waals surface area contributed by atoms with Gasteiger partial charge < -0.3 is 15.7 Å². The smallest absolute Gasteiger partial charge is 0.358 e. The van der Waals surface area contributed by atoms with E-state index in [9.17, 15) is 4.79 Å². The van der Waals surface area contributed by atoms with Crippen molar-refractivity contribution in [3.63, 3.8) is 0 Å². The van der Waals surface area contributed by atoms with Crippen LogP contribution in [0.3, 0.4) is 0 Å². The molecule has 76 valence electrons. The number of rotatable bonds is 4. The molecule has 0 amide bonds. The van der Waals surface area contributed by atoms with Crippen molar-refractivity contribution in [3.05, 3.63) is 11.9 Å². The van der Waals surface area contributed by atoms with Crippen molar-refractivity contribution in [2.24, 2.45) is 0 Å². The van der Waals surface area contributed by atoms with Crippen molar-refractivity contribution >= 4 is 17.6 Å². The predicted molar refractivity (Wildman–Crippen MR) is 52.7 cm³/mol. The zero-order valence-corrected chi connectivity index (χ0v) is 8.03. The van der Waals surface area contributed by atoms with Crippen LogP contribution in [0, 0.1) is 0 Å². The van der Waals surface area contributed by atoms with Gasteiger partial charge in [-0.3, -0.25) is 0 Å². The average molecular weight is 196 g/mol. The lowest BCUT2D eigenvalue weighted by Crippen LogP contribution is -2.11. The molecule has 1 heterocycles. The standard InChI is InChI=1S/C8H12N4O2/c1-3-10-7-6(8(13)14)11-4-5(9-2)12-7/h4H,3H2,1-2H3,(H,13,14)(H2,9,10,12). The molecule has 0 aliphatic rings. The van der Waals surface area contributed by atoms with Crippen LogP contribution in [0.15, 0.2) is 6.20 Å². The molecule has 0 fully saturated rings. The van der Waals surface area contributed by atoms with E-state index in [-0.39, 0.29) is 11.5 Å². The molecule has 6 heteroatoms. The van der Waals surface area contributed by atoms with Crippen molar-refractivity contribution in [1.29, 1.82) is 0 Å². The number of aromatic carboxylic acids is 1. The Kier molecular flexibility index (Phi) is 3.22. The number of carboxylic acid groups (broad SMARTS) is 1. The van der Waals surface area contributed by atoms with Gasteiger partial charge in [-0.1, -0.05) is 0 Å². The molecule has 14 heavy (non-hydrogen) atoms. The molecular weight excluding hydrogens is 184 g/mol. The van der Waals surface area contributed by atoms with Crippen molar-refractivity contribution < 1.29 is 9.90 Å². The van der Waals surface area contributed by atoms with Crippen LogP contribution in [0.2, 0.25) is 0 Å². The minimum atomic E-state index is -1.09. The minimum absolute atomic E-state index is 0.0640. The Balaban J connectivity index is 3.10. The molecule has 3 N–H and O–H groups in total. The molecule has 0 atom stereocenters. The first kappa shape index (κ1) is 10.2. The summed E-state index contributed by atoms with van der Waals surface area (Å²) < 4.78 is 0. The molecule has 0 spiro atoms. The van der Waals surface area contributed by atoms with Gasteiger partial charge in [0.25, 0.3) is 0 Å². The maximum atomic E-state index is 10.7. The van der Waals surface area contributed by atoms with Gasteiger partial charge in [-0.05, 0) is 6.92 Å². The maximum Gasteiger partial charge on any atom is 0.358 e. The molecular formula is C8H12N4O2. The highest BCUT2D eigenvalue weighted by Crippen LogP contribution is 2.12. The van der Waals surface area contributed by atoms with E-state index in [0.717, 1.165) is 0 Å². The van der Waals surface area contributed by atoms with Gasteiger partial charge in [0, 0.05) is 13.6 Å². The molecule has 1 aromatic heterocycles. The van der Waals surface area contributed by atoms with E-state index in [0.29, 0.717) is 12.4 Å². The second-order valence-corrected chi connectivity index (χ2v) is 2.54. The lowest BCUT2D eigenvalue weighted by Gasteiger charge is -2.07. The van der Waals surface area contributed by atoms with E-state index in [1.165, 1.54) is 6.20 Å². The first-order valence-electron chi connectivity index (χ1n) is 4.21. The molecule has 0 unspecified atom stereocenters. The summed E-state index contributed by atoms with van der Waals surface area (Å²) in [6.07, 6.45) is 1.38. The van der Waals surface area contributed by atoms with Crippen LogP contribution in [-0.2, 0) is 0 Å². The molecule has 0 aliphatic carbocycles. The molecule has 6 nitrogen and oxygen atoms in total. The van der Waals surface area contributed by atoms with Crippen LogP contribution in [0.4, 0.5) is 11.6 Å². The number of hydrogen-bond acceptors (Lipinski definition) is 5. The number of nitrogens with one attached hydrogen (secondary N) is 2. The van der Waals surface area contributed by atoms with Gasteiger partial charge in [0.15, 0.2) is 11.5 Å². The lowest BCUT2D eigenvalue weighted by atomic mass is 10.4. The number of nitrogens with zero attached hydrogens (tertiary/aromatic N) is 2. The van der Waals surface area contributed by atoms with Crippen LogP contribution < -0.4 is 10.6 Å². The second kappa shape index (κ2) is 4.40. The van der Waals surface area contributed by atoms with E-state index in [4.69, 9.17) is 5.11 Å². The summed E-state index contributed by atoms with van der Waals surface area (Å²) in [5.41, 5.74) is -0.0640. The third kappa shape index (κ3) is 2.09. The molecule has 0 aromatic carbocycles. The van der Waals surface area contributed by atoms with E-state index < -0.39 is 5.97 Å². The SMILES string of the molecule is CCNc1nc(NC)cnc1C(=O)O. The fourth-order valence-electron chi connectivity index (χ4n) is 0.957. The van der Waals surface area contributed by atoms with Gasteiger partial charge in [0.2, 0.25) is 0 Å². The largest absolute Gasteiger partial charge is 0.476 e. The monoisotopic (exact) mass is 196 g/mol. The zero-order valence-electron chi connectivity index (χ0n) is 8.03. The molecule has 1 rings (SSSR count). The summed E-state index contributed by atoms with van der Waals surface area (Å²) >= 11 is 0. The van der Waals surface area contributed by atoms with Crippen LogP contribution in [0.25, 0.3) is 0 Å². The number of hydrogen-bond donors (Lipinski definition) is 3. The minimum Gasteiger partial charge on any atom is -0.476 e. The van der Waals surface area contributed by atoms with Gasteiger partial charge in [-0.25, -0.2) is 14.8 Å². The van der Waals surface area contributed by atoms with Gasteiger partial charge in [0.1, 0.15) is 5.82 Å². The molecule has 0 radical (unpaired) electrons. The highest BCUT2D eigenvalue weighted by atomic mass is 16.4. The summed E-state index contributed by atoms with van der Waals surface area (Å²) in [7, 11) is 1.69. The Labute approximate surface area is 81.4 Å². The first-order chi connectivity index (χ1) is 6.69. The Morgan fingerprint density at radius 2 is 2.36 bits per heavy atom. The topological polar surface area (TPSA) is 87.1 Å². The molecule has 0 saturated heterocycles. The lowest BCUT2D eigenvalue weighted by molar-refractivity contribution is 0.0691. The van der Waals surface area contributed by atoms with Gasteiger partial charge in [-0.2, -0.15) is 0 Å².